The van der Waals surface area contributed by atoms with E-state index >= 15 is 0 Å². The van der Waals surface area contributed by atoms with Gasteiger partial charge in [0.25, 0.3) is 5.91 Å². The molecule has 0 unspecified atom stereocenters. The molecule has 1 saturated heterocycles. The number of benzene rings is 1. The first kappa shape index (κ1) is 20.5. The topological polar surface area (TPSA) is 98.8 Å². The molecule has 1 aromatic carbocycles. The van der Waals surface area contributed by atoms with Gasteiger partial charge in [-0.15, -0.1) is 0 Å². The van der Waals surface area contributed by atoms with E-state index in [1.807, 2.05) is 13.0 Å². The summed E-state index contributed by atoms with van der Waals surface area (Å²) in [4.78, 5) is 23.3. The number of carbonyl (C=O) groups is 2. The van der Waals surface area contributed by atoms with Gasteiger partial charge >= 0.3 is 5.97 Å². The Hall–Kier alpha value is -1.80. The third-order valence-electron chi connectivity index (χ3n) is 3.89. The fourth-order valence-electron chi connectivity index (χ4n) is 2.51. The van der Waals surface area contributed by atoms with Crippen molar-refractivity contribution in [2.24, 2.45) is 0 Å². The summed E-state index contributed by atoms with van der Waals surface area (Å²) in [5, 5.41) is 3.22. The number of nitrogens with one attached hydrogen (secondary N) is 1. The predicted molar refractivity (Wildman–Crippen MR) is 97.1 cm³/mol. The van der Waals surface area contributed by atoms with Crippen LogP contribution in [0.5, 0.6) is 5.75 Å². The molecular weight excluding hydrogens is 382 g/mol. The van der Waals surface area contributed by atoms with Crippen molar-refractivity contribution >= 4 is 33.3 Å². The number of amides is 1. The summed E-state index contributed by atoms with van der Waals surface area (Å²) in [6.07, 6.45) is 0.962. The van der Waals surface area contributed by atoms with E-state index in [9.17, 15) is 18.0 Å². The van der Waals surface area contributed by atoms with Crippen LogP contribution in [0.4, 0.5) is 0 Å². The zero-order valence-electron chi connectivity index (χ0n) is 14.5. The van der Waals surface area contributed by atoms with Crippen LogP contribution >= 0.6 is 11.6 Å². The molecule has 1 aromatic rings. The Morgan fingerprint density at radius 2 is 2.12 bits per heavy atom. The normalized spacial score (nSPS) is 18.3. The standard InChI is InChI=1S/C17H22ClNO6S/c1-12-9-14(4-5-15(12)18)24-7-2-3-17(21)25-10-16(20)19-13-6-8-26(22,23)11-13/h4-5,9,13H,2-3,6-8,10-11H2,1H3,(H,19,20)/t13-/m1/s1. The van der Waals surface area contributed by atoms with Crippen LogP contribution in [0.3, 0.4) is 0 Å². The van der Waals surface area contributed by atoms with E-state index in [0.717, 1.165) is 5.56 Å². The Morgan fingerprint density at radius 1 is 1.35 bits per heavy atom. The minimum Gasteiger partial charge on any atom is -0.494 e. The number of rotatable bonds is 8. The van der Waals surface area contributed by atoms with Crippen LogP contribution in [0.1, 0.15) is 24.8 Å². The SMILES string of the molecule is Cc1cc(OCCCC(=O)OCC(=O)N[C@@H]2CCS(=O)(=O)C2)ccc1Cl. The first-order valence-corrected chi connectivity index (χ1v) is 10.5. The minimum atomic E-state index is -3.06. The Labute approximate surface area is 157 Å². The molecule has 1 heterocycles. The number of halogens is 1. The van der Waals surface area contributed by atoms with Crippen LogP contribution in [0.2, 0.25) is 5.02 Å². The molecule has 0 bridgehead atoms. The van der Waals surface area contributed by atoms with Gasteiger partial charge in [-0.3, -0.25) is 9.59 Å². The van der Waals surface area contributed by atoms with Crippen molar-refractivity contribution in [2.75, 3.05) is 24.7 Å². The smallest absolute Gasteiger partial charge is 0.306 e. The summed E-state index contributed by atoms with van der Waals surface area (Å²) in [5.74, 6) is -0.311. The molecule has 1 atom stereocenters. The molecule has 0 aliphatic carbocycles. The van der Waals surface area contributed by atoms with Gasteiger partial charge in [0.15, 0.2) is 16.4 Å². The number of hydrogen-bond acceptors (Lipinski definition) is 6. The number of esters is 1. The average molecular weight is 404 g/mol. The molecule has 1 aliphatic heterocycles. The lowest BCUT2D eigenvalue weighted by atomic mass is 10.2. The molecule has 0 saturated carbocycles. The lowest BCUT2D eigenvalue weighted by Gasteiger charge is -2.11. The number of hydrogen-bond donors (Lipinski definition) is 1. The molecule has 0 spiro atoms. The molecule has 2 rings (SSSR count). The first-order valence-electron chi connectivity index (χ1n) is 8.29. The van der Waals surface area contributed by atoms with Gasteiger partial charge in [0.1, 0.15) is 5.75 Å². The van der Waals surface area contributed by atoms with Crippen molar-refractivity contribution in [1.82, 2.24) is 5.32 Å². The number of carbonyl (C=O) groups excluding carboxylic acids is 2. The highest BCUT2D eigenvalue weighted by Gasteiger charge is 2.28. The quantitative estimate of drug-likeness (QED) is 0.523. The second-order valence-corrected chi connectivity index (χ2v) is 8.83. The van der Waals surface area contributed by atoms with E-state index in [2.05, 4.69) is 5.32 Å². The third kappa shape index (κ3) is 6.84. The van der Waals surface area contributed by atoms with E-state index in [1.54, 1.807) is 12.1 Å². The van der Waals surface area contributed by atoms with Gasteiger partial charge in [0, 0.05) is 17.5 Å². The van der Waals surface area contributed by atoms with Crippen LogP contribution in [-0.4, -0.2) is 51.1 Å². The van der Waals surface area contributed by atoms with E-state index in [4.69, 9.17) is 21.1 Å². The van der Waals surface area contributed by atoms with Crippen molar-refractivity contribution in [3.05, 3.63) is 28.8 Å². The molecule has 144 valence electrons. The maximum atomic E-state index is 11.7. The molecule has 26 heavy (non-hydrogen) atoms. The molecule has 1 N–H and O–H groups in total. The third-order valence-corrected chi connectivity index (χ3v) is 6.08. The highest BCUT2D eigenvalue weighted by molar-refractivity contribution is 7.91. The summed E-state index contributed by atoms with van der Waals surface area (Å²) < 4.78 is 33.0. The van der Waals surface area contributed by atoms with Crippen molar-refractivity contribution < 1.29 is 27.5 Å². The fourth-order valence-corrected chi connectivity index (χ4v) is 4.30. The average Bonchev–Trinajstić information content (AvgIpc) is 2.91. The van der Waals surface area contributed by atoms with Crippen molar-refractivity contribution in [1.29, 1.82) is 0 Å². The zero-order valence-corrected chi connectivity index (χ0v) is 16.1. The molecule has 9 heteroatoms. The van der Waals surface area contributed by atoms with E-state index in [0.29, 0.717) is 30.2 Å². The second-order valence-electron chi connectivity index (χ2n) is 6.19. The monoisotopic (exact) mass is 403 g/mol. The maximum Gasteiger partial charge on any atom is 0.306 e. The lowest BCUT2D eigenvalue weighted by molar-refractivity contribution is -0.148. The van der Waals surface area contributed by atoms with E-state index in [-0.39, 0.29) is 17.9 Å². The van der Waals surface area contributed by atoms with Gasteiger partial charge in [-0.25, -0.2) is 8.42 Å². The molecule has 0 aromatic heterocycles. The second kappa shape index (κ2) is 9.23. The Morgan fingerprint density at radius 3 is 2.77 bits per heavy atom. The van der Waals surface area contributed by atoms with Crippen LogP contribution in [0.15, 0.2) is 18.2 Å². The van der Waals surface area contributed by atoms with Crippen LogP contribution in [0.25, 0.3) is 0 Å². The lowest BCUT2D eigenvalue weighted by Crippen LogP contribution is -2.38. The highest BCUT2D eigenvalue weighted by Crippen LogP contribution is 2.21. The maximum absolute atomic E-state index is 11.7. The fraction of sp³-hybridized carbons (Fsp3) is 0.529. The minimum absolute atomic E-state index is 0.0613. The summed E-state index contributed by atoms with van der Waals surface area (Å²) in [6, 6.07) is 4.91. The summed E-state index contributed by atoms with van der Waals surface area (Å²) >= 11 is 5.93. The predicted octanol–water partition coefficient (Wildman–Crippen LogP) is 1.65. The zero-order chi connectivity index (χ0) is 19.2. The number of ether oxygens (including phenoxy) is 2. The van der Waals surface area contributed by atoms with Crippen LogP contribution in [-0.2, 0) is 24.2 Å². The number of aryl methyl sites for hydroxylation is 1. The molecule has 1 amide bonds. The van der Waals surface area contributed by atoms with Gasteiger partial charge in [0.05, 0.1) is 18.1 Å². The summed E-state index contributed by atoms with van der Waals surface area (Å²) in [7, 11) is -3.06. The molecule has 1 fully saturated rings. The Kier molecular flexibility index (Phi) is 7.28. The van der Waals surface area contributed by atoms with Gasteiger partial charge in [0.2, 0.25) is 0 Å². The molecule has 1 aliphatic rings. The van der Waals surface area contributed by atoms with Crippen LogP contribution in [0, 0.1) is 6.92 Å². The van der Waals surface area contributed by atoms with Gasteiger partial charge in [-0.2, -0.15) is 0 Å². The summed E-state index contributed by atoms with van der Waals surface area (Å²) in [5.41, 5.74) is 0.907. The summed E-state index contributed by atoms with van der Waals surface area (Å²) in [6.45, 7) is 1.80. The highest BCUT2D eigenvalue weighted by atomic mass is 35.5. The van der Waals surface area contributed by atoms with E-state index < -0.39 is 34.4 Å². The number of sulfone groups is 1. The van der Waals surface area contributed by atoms with Crippen molar-refractivity contribution in [3.63, 3.8) is 0 Å². The van der Waals surface area contributed by atoms with Gasteiger partial charge in [-0.05, 0) is 43.5 Å². The van der Waals surface area contributed by atoms with Crippen LogP contribution < -0.4 is 10.1 Å². The van der Waals surface area contributed by atoms with E-state index in [1.165, 1.54) is 0 Å². The largest absolute Gasteiger partial charge is 0.494 e. The Balaban J connectivity index is 1.58. The van der Waals surface area contributed by atoms with Crippen molar-refractivity contribution in [3.8, 4) is 5.75 Å². The van der Waals surface area contributed by atoms with Crippen molar-refractivity contribution in [2.45, 2.75) is 32.2 Å². The molecule has 0 radical (unpaired) electrons. The van der Waals surface area contributed by atoms with Gasteiger partial charge < -0.3 is 14.8 Å². The molecular formula is C17H22ClNO6S. The first-order chi connectivity index (χ1) is 12.2. The molecule has 7 nitrogen and oxygen atoms in total. The van der Waals surface area contributed by atoms with Gasteiger partial charge in [-0.1, -0.05) is 11.6 Å². The Bertz CT molecular complexity index is 765.